The molecule has 1 heterocycles. The van der Waals surface area contributed by atoms with Crippen LogP contribution in [0.5, 0.6) is 5.88 Å². The van der Waals surface area contributed by atoms with E-state index >= 15 is 0 Å². The molecule has 1 atom stereocenters. The Morgan fingerprint density at radius 2 is 2.16 bits per heavy atom. The summed E-state index contributed by atoms with van der Waals surface area (Å²) in [5.41, 5.74) is 0.0732. The molecule has 0 aliphatic carbocycles. The van der Waals surface area contributed by atoms with Gasteiger partial charge in [0, 0.05) is 19.2 Å². The van der Waals surface area contributed by atoms with Crippen LogP contribution < -0.4 is 9.50 Å². The minimum absolute atomic E-state index is 0.0732. The molecule has 0 bridgehead atoms. The highest BCUT2D eigenvalue weighted by Crippen LogP contribution is 2.09. The SMILES string of the molecule is COCC(C)NC(=O)c1cccc(OS(C)(=O)=O)n1. The van der Waals surface area contributed by atoms with Crippen LogP contribution in [0.2, 0.25) is 0 Å². The second-order valence-electron chi connectivity index (χ2n) is 3.98. The first-order valence-corrected chi connectivity index (χ1v) is 7.30. The minimum atomic E-state index is -3.67. The lowest BCUT2D eigenvalue weighted by atomic mass is 10.3. The Morgan fingerprint density at radius 3 is 2.74 bits per heavy atom. The van der Waals surface area contributed by atoms with Gasteiger partial charge < -0.3 is 14.2 Å². The van der Waals surface area contributed by atoms with Crippen molar-refractivity contribution in [2.45, 2.75) is 13.0 Å². The average Bonchev–Trinajstić information content (AvgIpc) is 2.27. The first-order valence-electron chi connectivity index (χ1n) is 5.48. The molecule has 1 aromatic heterocycles. The highest BCUT2D eigenvalue weighted by molar-refractivity contribution is 7.86. The molecule has 0 radical (unpaired) electrons. The summed E-state index contributed by atoms with van der Waals surface area (Å²) in [6.07, 6.45) is 0.905. The Kier molecular flexibility index (Phi) is 5.25. The number of carbonyl (C=O) groups is 1. The van der Waals surface area contributed by atoms with Crippen molar-refractivity contribution < 1.29 is 22.1 Å². The maximum absolute atomic E-state index is 11.8. The number of nitrogens with zero attached hydrogens (tertiary/aromatic N) is 1. The molecule has 19 heavy (non-hydrogen) atoms. The van der Waals surface area contributed by atoms with Crippen molar-refractivity contribution in [1.29, 1.82) is 0 Å². The van der Waals surface area contributed by atoms with Gasteiger partial charge >= 0.3 is 10.1 Å². The van der Waals surface area contributed by atoms with Crippen LogP contribution in [0.3, 0.4) is 0 Å². The van der Waals surface area contributed by atoms with E-state index in [4.69, 9.17) is 4.74 Å². The molecule has 1 amide bonds. The van der Waals surface area contributed by atoms with Crippen molar-refractivity contribution in [3.8, 4) is 5.88 Å². The van der Waals surface area contributed by atoms with Gasteiger partial charge in [-0.2, -0.15) is 8.42 Å². The third kappa shape index (κ3) is 5.66. The number of aromatic nitrogens is 1. The third-order valence-electron chi connectivity index (χ3n) is 1.99. The number of amides is 1. The molecule has 0 aliphatic rings. The Balaban J connectivity index is 2.78. The molecule has 106 valence electrons. The molecule has 0 saturated heterocycles. The standard InChI is InChI=1S/C11H16N2O5S/c1-8(7-17-2)12-11(14)9-5-4-6-10(13-9)18-19(3,15)16/h4-6,8H,7H2,1-3H3,(H,12,14). The Bertz CT molecular complexity index is 544. The van der Waals surface area contributed by atoms with Crippen LogP contribution in [0.4, 0.5) is 0 Å². The maximum Gasteiger partial charge on any atom is 0.307 e. The van der Waals surface area contributed by atoms with Crippen LogP contribution in [0.1, 0.15) is 17.4 Å². The molecule has 1 aromatic rings. The van der Waals surface area contributed by atoms with Crippen molar-refractivity contribution in [3.63, 3.8) is 0 Å². The molecule has 0 fully saturated rings. The van der Waals surface area contributed by atoms with Gasteiger partial charge in [-0.25, -0.2) is 4.98 Å². The van der Waals surface area contributed by atoms with Gasteiger partial charge in [0.2, 0.25) is 5.88 Å². The van der Waals surface area contributed by atoms with Gasteiger partial charge in [0.15, 0.2) is 0 Å². The number of nitrogens with one attached hydrogen (secondary N) is 1. The molecule has 1 rings (SSSR count). The minimum Gasteiger partial charge on any atom is -0.383 e. The lowest BCUT2D eigenvalue weighted by Gasteiger charge is -2.12. The Hall–Kier alpha value is -1.67. The van der Waals surface area contributed by atoms with Crippen molar-refractivity contribution in [1.82, 2.24) is 10.3 Å². The predicted molar refractivity (Wildman–Crippen MR) is 68.5 cm³/mol. The summed E-state index contributed by atoms with van der Waals surface area (Å²) in [6, 6.07) is 4.13. The zero-order valence-corrected chi connectivity index (χ0v) is 11.7. The van der Waals surface area contributed by atoms with Gasteiger partial charge in [-0.15, -0.1) is 0 Å². The normalized spacial score (nSPS) is 12.8. The van der Waals surface area contributed by atoms with E-state index in [9.17, 15) is 13.2 Å². The fourth-order valence-electron chi connectivity index (χ4n) is 1.33. The number of pyridine rings is 1. The van der Waals surface area contributed by atoms with Crippen molar-refractivity contribution >= 4 is 16.0 Å². The van der Waals surface area contributed by atoms with Gasteiger partial charge in [0.05, 0.1) is 12.9 Å². The van der Waals surface area contributed by atoms with Crippen molar-refractivity contribution in [3.05, 3.63) is 23.9 Å². The van der Waals surface area contributed by atoms with E-state index in [-0.39, 0.29) is 17.6 Å². The lowest BCUT2D eigenvalue weighted by molar-refractivity contribution is 0.0900. The van der Waals surface area contributed by atoms with E-state index in [0.717, 1.165) is 6.26 Å². The van der Waals surface area contributed by atoms with Crippen molar-refractivity contribution in [2.24, 2.45) is 0 Å². The first kappa shape index (κ1) is 15.4. The molecule has 0 aliphatic heterocycles. The number of carbonyl (C=O) groups excluding carboxylic acids is 1. The number of hydrogen-bond acceptors (Lipinski definition) is 6. The van der Waals surface area contributed by atoms with E-state index in [1.807, 2.05) is 0 Å². The zero-order valence-electron chi connectivity index (χ0n) is 10.9. The summed E-state index contributed by atoms with van der Waals surface area (Å²) in [5.74, 6) is -0.571. The molecule has 1 unspecified atom stereocenters. The topological polar surface area (TPSA) is 94.6 Å². The van der Waals surface area contributed by atoms with Crippen LogP contribution in [0.25, 0.3) is 0 Å². The largest absolute Gasteiger partial charge is 0.383 e. The van der Waals surface area contributed by atoms with Gasteiger partial charge in [0.1, 0.15) is 5.69 Å². The number of ether oxygens (including phenoxy) is 1. The number of methoxy groups -OCH3 is 1. The molecule has 1 N–H and O–H groups in total. The lowest BCUT2D eigenvalue weighted by Crippen LogP contribution is -2.36. The highest BCUT2D eigenvalue weighted by Gasteiger charge is 2.13. The summed E-state index contributed by atoms with van der Waals surface area (Å²) in [6.45, 7) is 2.14. The second-order valence-corrected chi connectivity index (χ2v) is 5.55. The van der Waals surface area contributed by atoms with E-state index in [2.05, 4.69) is 14.5 Å². The smallest absolute Gasteiger partial charge is 0.307 e. The van der Waals surface area contributed by atoms with Crippen LogP contribution in [-0.4, -0.2) is 45.3 Å². The average molecular weight is 288 g/mol. The van der Waals surface area contributed by atoms with Gasteiger partial charge in [-0.1, -0.05) is 6.07 Å². The monoisotopic (exact) mass is 288 g/mol. The van der Waals surface area contributed by atoms with Crippen LogP contribution in [0, 0.1) is 0 Å². The Labute approximate surface area is 112 Å². The fraction of sp³-hybridized carbons (Fsp3) is 0.455. The van der Waals surface area contributed by atoms with E-state index in [1.165, 1.54) is 25.3 Å². The molecule has 0 saturated carbocycles. The summed E-state index contributed by atoms with van der Waals surface area (Å²) < 4.78 is 31.4. The van der Waals surface area contributed by atoms with E-state index < -0.39 is 16.0 Å². The number of rotatable bonds is 6. The van der Waals surface area contributed by atoms with E-state index in [0.29, 0.717) is 6.61 Å². The summed E-state index contributed by atoms with van der Waals surface area (Å²) in [7, 11) is -2.14. The predicted octanol–water partition coefficient (Wildman–Crippen LogP) is 0.185. The van der Waals surface area contributed by atoms with Gasteiger partial charge in [-0.05, 0) is 13.0 Å². The maximum atomic E-state index is 11.8. The van der Waals surface area contributed by atoms with E-state index in [1.54, 1.807) is 6.92 Å². The van der Waals surface area contributed by atoms with Crippen LogP contribution >= 0.6 is 0 Å². The summed E-state index contributed by atoms with van der Waals surface area (Å²) >= 11 is 0. The summed E-state index contributed by atoms with van der Waals surface area (Å²) in [4.78, 5) is 15.6. The molecular weight excluding hydrogens is 272 g/mol. The summed E-state index contributed by atoms with van der Waals surface area (Å²) in [5, 5.41) is 2.66. The fourth-order valence-corrected chi connectivity index (χ4v) is 1.74. The zero-order chi connectivity index (χ0) is 14.5. The van der Waals surface area contributed by atoms with Gasteiger partial charge in [-0.3, -0.25) is 4.79 Å². The Morgan fingerprint density at radius 1 is 1.47 bits per heavy atom. The van der Waals surface area contributed by atoms with Crippen LogP contribution in [0.15, 0.2) is 18.2 Å². The molecular formula is C11H16N2O5S. The molecule has 7 nitrogen and oxygen atoms in total. The molecule has 8 heteroatoms. The quantitative estimate of drug-likeness (QED) is 0.751. The second kappa shape index (κ2) is 6.48. The van der Waals surface area contributed by atoms with Crippen LogP contribution in [-0.2, 0) is 14.9 Å². The third-order valence-corrected chi connectivity index (χ3v) is 2.46. The van der Waals surface area contributed by atoms with Crippen molar-refractivity contribution in [2.75, 3.05) is 20.0 Å². The number of hydrogen-bond donors (Lipinski definition) is 1. The molecule has 0 spiro atoms. The van der Waals surface area contributed by atoms with Gasteiger partial charge in [0.25, 0.3) is 5.91 Å². The highest BCUT2D eigenvalue weighted by atomic mass is 32.2. The first-order chi connectivity index (χ1) is 8.81. The molecule has 0 aromatic carbocycles.